The molecule has 0 aliphatic heterocycles. The van der Waals surface area contributed by atoms with Crippen LogP contribution in [0.1, 0.15) is 19.4 Å². The molecule has 0 unspecified atom stereocenters. The van der Waals surface area contributed by atoms with E-state index in [4.69, 9.17) is 16.3 Å². The predicted molar refractivity (Wildman–Crippen MR) is 108 cm³/mol. The molecule has 0 spiro atoms. The maximum Gasteiger partial charge on any atom is 0.135 e. The lowest BCUT2D eigenvalue weighted by atomic mass is 10.1. The highest BCUT2D eigenvalue weighted by Gasteiger charge is 2.12. The normalized spacial score (nSPS) is 9.81. The van der Waals surface area contributed by atoms with Gasteiger partial charge in [-0.05, 0) is 60.7 Å². The molecule has 0 saturated carbocycles. The van der Waals surface area contributed by atoms with Crippen LogP contribution in [0.15, 0.2) is 73.3 Å². The third-order valence-corrected chi connectivity index (χ3v) is 3.72. The summed E-state index contributed by atoms with van der Waals surface area (Å²) in [7, 11) is 0. The van der Waals surface area contributed by atoms with Crippen molar-refractivity contribution in [3.05, 3.63) is 95.5 Å². The Bertz CT molecular complexity index is 873. The Hall–Kier alpha value is -2.85. The molecule has 0 saturated heterocycles. The zero-order valence-corrected chi connectivity index (χ0v) is 15.9. The Morgan fingerprint density at radius 1 is 0.852 bits per heavy atom. The van der Waals surface area contributed by atoms with Gasteiger partial charge in [0, 0.05) is 16.4 Å². The molecule has 140 valence electrons. The van der Waals surface area contributed by atoms with Crippen molar-refractivity contribution in [1.82, 2.24) is 0 Å². The van der Waals surface area contributed by atoms with Crippen LogP contribution in [0.25, 0.3) is 5.70 Å². The average Bonchev–Trinajstić information content (AvgIpc) is 2.67. The summed E-state index contributed by atoms with van der Waals surface area (Å²) in [5.41, 5.74) is 0.599. The van der Waals surface area contributed by atoms with Gasteiger partial charge in [-0.3, -0.25) is 0 Å². The molecule has 0 amide bonds. The van der Waals surface area contributed by atoms with Gasteiger partial charge in [0.05, 0.1) is 5.56 Å². The molecule has 0 radical (unpaired) electrons. The fourth-order valence-corrected chi connectivity index (χ4v) is 2.39. The highest BCUT2D eigenvalue weighted by molar-refractivity contribution is 6.30. The molecule has 0 heterocycles. The van der Waals surface area contributed by atoms with Gasteiger partial charge in [-0.25, -0.2) is 8.78 Å². The van der Waals surface area contributed by atoms with E-state index >= 15 is 0 Å². The van der Waals surface area contributed by atoms with Gasteiger partial charge in [0.2, 0.25) is 0 Å². The molecule has 0 fully saturated rings. The SMILES string of the molecule is C=C(Nc1ccc(Oc2ccc(Cl)cc2)cc1)c1c(F)cccc1F.CC. The Kier molecular flexibility index (Phi) is 7.38. The zero-order valence-electron chi connectivity index (χ0n) is 15.1. The first-order valence-corrected chi connectivity index (χ1v) is 8.84. The van der Waals surface area contributed by atoms with Crippen LogP contribution in [0, 0.1) is 11.6 Å². The van der Waals surface area contributed by atoms with Gasteiger partial charge in [0.15, 0.2) is 0 Å². The summed E-state index contributed by atoms with van der Waals surface area (Å²) in [6, 6.07) is 17.6. The summed E-state index contributed by atoms with van der Waals surface area (Å²) >= 11 is 5.83. The van der Waals surface area contributed by atoms with E-state index in [2.05, 4.69) is 11.9 Å². The first kappa shape index (κ1) is 20.5. The molecule has 0 aromatic heterocycles. The number of rotatable bonds is 5. The van der Waals surface area contributed by atoms with E-state index in [0.717, 1.165) is 0 Å². The highest BCUT2D eigenvalue weighted by atomic mass is 35.5. The number of hydrogen-bond donors (Lipinski definition) is 1. The second-order valence-corrected chi connectivity index (χ2v) is 5.72. The molecule has 0 bridgehead atoms. The third kappa shape index (κ3) is 5.56. The number of nitrogens with one attached hydrogen (secondary N) is 1. The fraction of sp³-hybridized carbons (Fsp3) is 0.0909. The van der Waals surface area contributed by atoms with Crippen LogP contribution in [-0.4, -0.2) is 0 Å². The second-order valence-electron chi connectivity index (χ2n) is 5.28. The second kappa shape index (κ2) is 9.74. The zero-order chi connectivity index (χ0) is 19.8. The largest absolute Gasteiger partial charge is 0.457 e. The van der Waals surface area contributed by atoms with Crippen LogP contribution in [0.5, 0.6) is 11.5 Å². The number of benzene rings is 3. The maximum atomic E-state index is 13.8. The van der Waals surface area contributed by atoms with Crippen molar-refractivity contribution in [2.24, 2.45) is 0 Å². The van der Waals surface area contributed by atoms with Gasteiger partial charge in [-0.15, -0.1) is 0 Å². The first-order valence-electron chi connectivity index (χ1n) is 8.47. The van der Waals surface area contributed by atoms with Gasteiger partial charge < -0.3 is 10.1 Å². The van der Waals surface area contributed by atoms with Gasteiger partial charge >= 0.3 is 0 Å². The van der Waals surface area contributed by atoms with Crippen molar-refractivity contribution < 1.29 is 13.5 Å². The van der Waals surface area contributed by atoms with E-state index < -0.39 is 11.6 Å². The molecule has 5 heteroatoms. The van der Waals surface area contributed by atoms with Gasteiger partial charge in [-0.1, -0.05) is 38.1 Å². The highest BCUT2D eigenvalue weighted by Crippen LogP contribution is 2.26. The van der Waals surface area contributed by atoms with Crippen molar-refractivity contribution in [2.75, 3.05) is 5.32 Å². The lowest BCUT2D eigenvalue weighted by Crippen LogP contribution is -2.02. The Labute approximate surface area is 163 Å². The van der Waals surface area contributed by atoms with E-state index in [1.165, 1.54) is 18.2 Å². The van der Waals surface area contributed by atoms with Crippen molar-refractivity contribution in [3.63, 3.8) is 0 Å². The molecule has 2 nitrogen and oxygen atoms in total. The lowest BCUT2D eigenvalue weighted by Gasteiger charge is -2.12. The molecule has 3 rings (SSSR count). The monoisotopic (exact) mass is 387 g/mol. The maximum absolute atomic E-state index is 13.8. The first-order chi connectivity index (χ1) is 13.0. The Morgan fingerprint density at radius 3 is 1.85 bits per heavy atom. The minimum Gasteiger partial charge on any atom is -0.457 e. The number of anilines is 1. The van der Waals surface area contributed by atoms with E-state index in [0.29, 0.717) is 22.2 Å². The van der Waals surface area contributed by atoms with Crippen molar-refractivity contribution in [1.29, 1.82) is 0 Å². The van der Waals surface area contributed by atoms with E-state index in [1.54, 1.807) is 48.5 Å². The summed E-state index contributed by atoms with van der Waals surface area (Å²) in [4.78, 5) is 0. The molecule has 0 aliphatic rings. The Balaban J connectivity index is 0.00000126. The fourth-order valence-electron chi connectivity index (χ4n) is 2.27. The van der Waals surface area contributed by atoms with Gasteiger partial charge in [0.25, 0.3) is 0 Å². The molecule has 3 aromatic rings. The van der Waals surface area contributed by atoms with Crippen LogP contribution < -0.4 is 10.1 Å². The smallest absolute Gasteiger partial charge is 0.135 e. The van der Waals surface area contributed by atoms with Crippen molar-refractivity contribution in [2.45, 2.75) is 13.8 Å². The minimum absolute atomic E-state index is 0.141. The summed E-state index contributed by atoms with van der Waals surface area (Å²) in [5, 5.41) is 3.52. The number of hydrogen-bond acceptors (Lipinski definition) is 2. The molecule has 3 aromatic carbocycles. The standard InChI is InChI=1S/C20H14ClF2NO.C2H6/c1-13(20-18(22)3-2-4-19(20)23)24-15-7-11-17(12-8-15)25-16-9-5-14(21)6-10-16;1-2/h2-12,24H,1H2;1-2H3. The molecule has 27 heavy (non-hydrogen) atoms. The van der Waals surface area contributed by atoms with E-state index in [-0.39, 0.29) is 11.3 Å². The van der Waals surface area contributed by atoms with Crippen molar-refractivity contribution in [3.8, 4) is 11.5 Å². The van der Waals surface area contributed by atoms with Crippen LogP contribution in [-0.2, 0) is 0 Å². The van der Waals surface area contributed by atoms with Gasteiger partial charge in [0.1, 0.15) is 23.1 Å². The van der Waals surface area contributed by atoms with Crippen molar-refractivity contribution >= 4 is 23.0 Å². The molecular weight excluding hydrogens is 368 g/mol. The average molecular weight is 388 g/mol. The van der Waals surface area contributed by atoms with Gasteiger partial charge in [-0.2, -0.15) is 0 Å². The summed E-state index contributed by atoms with van der Waals surface area (Å²) < 4.78 is 33.2. The minimum atomic E-state index is -0.666. The molecule has 1 N–H and O–H groups in total. The van der Waals surface area contributed by atoms with Crippen LogP contribution in [0.4, 0.5) is 14.5 Å². The molecule has 0 aliphatic carbocycles. The van der Waals surface area contributed by atoms with E-state index in [9.17, 15) is 8.78 Å². The summed E-state index contributed by atoms with van der Waals surface area (Å²) in [6.07, 6.45) is 0. The van der Waals surface area contributed by atoms with Crippen LogP contribution in [0.2, 0.25) is 5.02 Å². The van der Waals surface area contributed by atoms with Crippen LogP contribution >= 0.6 is 11.6 Å². The molecular formula is C22H20ClF2NO. The molecule has 0 atom stereocenters. The number of halogens is 3. The third-order valence-electron chi connectivity index (χ3n) is 3.46. The van der Waals surface area contributed by atoms with E-state index in [1.807, 2.05) is 13.8 Å². The topological polar surface area (TPSA) is 21.3 Å². The lowest BCUT2D eigenvalue weighted by molar-refractivity contribution is 0.483. The summed E-state index contributed by atoms with van der Waals surface area (Å²) in [5.74, 6) is -0.0566. The quantitative estimate of drug-likeness (QED) is 0.488. The Morgan fingerprint density at radius 2 is 1.33 bits per heavy atom. The summed E-state index contributed by atoms with van der Waals surface area (Å²) in [6.45, 7) is 7.71. The number of ether oxygens (including phenoxy) is 1. The van der Waals surface area contributed by atoms with Crippen LogP contribution in [0.3, 0.4) is 0 Å². The predicted octanol–water partition coefficient (Wildman–Crippen LogP) is 7.52.